The van der Waals surface area contributed by atoms with Gasteiger partial charge in [-0.3, -0.25) is 4.79 Å². The number of hydrogen-bond donors (Lipinski definition) is 2. The number of aromatic nitrogens is 4. The fourth-order valence-electron chi connectivity index (χ4n) is 3.35. The van der Waals surface area contributed by atoms with Crippen LogP contribution in [0.15, 0.2) is 36.7 Å². The Balaban J connectivity index is 0.00000408. The van der Waals surface area contributed by atoms with Crippen molar-refractivity contribution >= 4 is 47.0 Å². The van der Waals surface area contributed by atoms with Crippen LogP contribution in [0.3, 0.4) is 0 Å². The standard InChI is InChI=1S/C24H35N7O2.ClH/c1-7-17(13-33-23(32)19(25)15(2)3)27-24-28-21(30(6)18-11-9-8-10-12-18)20-22(29-24)31(14-26-20)16(4)5;/h8-12,14-17,19H,7,13,25H2,1-6H3,(H,27,28,29);1H/t17-,19+;/m1./s1. The second-order valence-corrected chi connectivity index (χ2v) is 8.83. The summed E-state index contributed by atoms with van der Waals surface area (Å²) < 4.78 is 7.48. The number of nitrogens with two attached hydrogens (primary N) is 1. The van der Waals surface area contributed by atoms with E-state index in [9.17, 15) is 4.79 Å². The summed E-state index contributed by atoms with van der Waals surface area (Å²) in [6, 6.07) is 9.38. The second kappa shape index (κ2) is 12.0. The van der Waals surface area contributed by atoms with Crippen molar-refractivity contribution in [3.8, 4) is 0 Å². The fraction of sp³-hybridized carbons (Fsp3) is 0.500. The summed E-state index contributed by atoms with van der Waals surface area (Å²) in [5.41, 5.74) is 8.37. The Kier molecular flexibility index (Phi) is 9.64. The van der Waals surface area contributed by atoms with Crippen molar-refractivity contribution < 1.29 is 9.53 Å². The highest BCUT2D eigenvalue weighted by Crippen LogP contribution is 2.30. The van der Waals surface area contributed by atoms with Crippen LogP contribution in [0.1, 0.15) is 47.1 Å². The molecular formula is C24H36ClN7O2. The van der Waals surface area contributed by atoms with Crippen LogP contribution in [0.4, 0.5) is 17.5 Å². The van der Waals surface area contributed by atoms with Crippen molar-refractivity contribution in [2.24, 2.45) is 11.7 Å². The Morgan fingerprint density at radius 3 is 2.44 bits per heavy atom. The van der Waals surface area contributed by atoms with Gasteiger partial charge in [0.2, 0.25) is 5.95 Å². The molecular weight excluding hydrogens is 454 g/mol. The lowest BCUT2D eigenvalue weighted by Gasteiger charge is -2.22. The number of esters is 1. The molecule has 2 aromatic heterocycles. The van der Waals surface area contributed by atoms with Crippen LogP contribution in [0.2, 0.25) is 0 Å². The molecule has 2 atom stereocenters. The van der Waals surface area contributed by atoms with E-state index in [4.69, 9.17) is 20.4 Å². The molecule has 0 amide bonds. The number of benzene rings is 1. The van der Waals surface area contributed by atoms with Crippen LogP contribution in [0.5, 0.6) is 0 Å². The smallest absolute Gasteiger partial charge is 0.323 e. The summed E-state index contributed by atoms with van der Waals surface area (Å²) >= 11 is 0. The van der Waals surface area contributed by atoms with Gasteiger partial charge in [-0.15, -0.1) is 12.4 Å². The maximum atomic E-state index is 12.2. The van der Waals surface area contributed by atoms with E-state index < -0.39 is 12.0 Å². The summed E-state index contributed by atoms with van der Waals surface area (Å²) in [5.74, 6) is 0.771. The third-order valence-corrected chi connectivity index (χ3v) is 5.66. The highest BCUT2D eigenvalue weighted by atomic mass is 35.5. The number of carbonyl (C=O) groups excluding carboxylic acids is 1. The van der Waals surface area contributed by atoms with E-state index in [0.29, 0.717) is 11.8 Å². The molecule has 0 unspecified atom stereocenters. The average Bonchev–Trinajstić information content (AvgIpc) is 3.24. The Bertz CT molecular complexity index is 1070. The molecule has 0 radical (unpaired) electrons. The molecule has 0 aliphatic heterocycles. The molecule has 9 nitrogen and oxygen atoms in total. The van der Waals surface area contributed by atoms with Crippen LogP contribution < -0.4 is 16.0 Å². The molecule has 0 spiro atoms. The van der Waals surface area contributed by atoms with Gasteiger partial charge >= 0.3 is 5.97 Å². The zero-order chi connectivity index (χ0) is 24.1. The monoisotopic (exact) mass is 489 g/mol. The lowest BCUT2D eigenvalue weighted by molar-refractivity contribution is -0.146. The minimum atomic E-state index is -0.637. The second-order valence-electron chi connectivity index (χ2n) is 8.83. The molecule has 0 saturated heterocycles. The number of hydrogen-bond acceptors (Lipinski definition) is 8. The molecule has 2 heterocycles. The van der Waals surface area contributed by atoms with Gasteiger partial charge < -0.3 is 25.3 Å². The van der Waals surface area contributed by atoms with E-state index in [-0.39, 0.29) is 37.0 Å². The van der Waals surface area contributed by atoms with E-state index in [1.54, 1.807) is 6.33 Å². The van der Waals surface area contributed by atoms with E-state index in [0.717, 1.165) is 23.3 Å². The summed E-state index contributed by atoms with van der Waals surface area (Å²) in [7, 11) is 1.96. The lowest BCUT2D eigenvalue weighted by Crippen LogP contribution is -2.39. The first-order valence-corrected chi connectivity index (χ1v) is 11.4. The van der Waals surface area contributed by atoms with Gasteiger partial charge in [0.05, 0.1) is 12.4 Å². The van der Waals surface area contributed by atoms with Crippen LogP contribution in [0.25, 0.3) is 11.2 Å². The van der Waals surface area contributed by atoms with Gasteiger partial charge in [0.15, 0.2) is 17.0 Å². The Hall–Kier alpha value is -2.91. The van der Waals surface area contributed by atoms with E-state index in [1.165, 1.54) is 0 Å². The third-order valence-electron chi connectivity index (χ3n) is 5.66. The molecule has 0 fully saturated rings. The number of halogens is 1. The average molecular weight is 490 g/mol. The number of nitrogens with zero attached hydrogens (tertiary/aromatic N) is 5. The topological polar surface area (TPSA) is 111 Å². The molecule has 0 aliphatic rings. The predicted molar refractivity (Wildman–Crippen MR) is 139 cm³/mol. The van der Waals surface area contributed by atoms with Crippen LogP contribution in [0, 0.1) is 5.92 Å². The van der Waals surface area contributed by atoms with E-state index in [2.05, 4.69) is 24.1 Å². The van der Waals surface area contributed by atoms with Gasteiger partial charge in [0.25, 0.3) is 0 Å². The van der Waals surface area contributed by atoms with Crippen LogP contribution in [-0.2, 0) is 9.53 Å². The number of carbonyl (C=O) groups is 1. The molecule has 0 aliphatic carbocycles. The number of anilines is 3. The highest BCUT2D eigenvalue weighted by Gasteiger charge is 2.22. The van der Waals surface area contributed by atoms with E-state index in [1.807, 2.05) is 67.6 Å². The molecule has 186 valence electrons. The van der Waals surface area contributed by atoms with Crippen LogP contribution in [-0.4, -0.2) is 51.2 Å². The number of rotatable bonds is 10. The molecule has 10 heteroatoms. The molecule has 3 aromatic rings. The van der Waals surface area contributed by atoms with Crippen molar-refractivity contribution in [1.82, 2.24) is 19.5 Å². The number of nitrogens with one attached hydrogen (secondary N) is 1. The zero-order valence-corrected chi connectivity index (χ0v) is 21.5. The maximum absolute atomic E-state index is 12.2. The van der Waals surface area contributed by atoms with Crippen molar-refractivity contribution in [2.45, 2.75) is 59.2 Å². The van der Waals surface area contributed by atoms with E-state index >= 15 is 0 Å². The summed E-state index contributed by atoms with van der Waals surface area (Å²) in [4.78, 5) is 28.3. The first-order chi connectivity index (χ1) is 15.7. The molecule has 34 heavy (non-hydrogen) atoms. The quantitative estimate of drug-likeness (QED) is 0.405. The summed E-state index contributed by atoms with van der Waals surface area (Å²) in [6.45, 7) is 10.2. The first kappa shape index (κ1) is 27.3. The summed E-state index contributed by atoms with van der Waals surface area (Å²) in [6.07, 6.45) is 2.52. The Morgan fingerprint density at radius 2 is 1.85 bits per heavy atom. The molecule has 1 aromatic carbocycles. The van der Waals surface area contributed by atoms with Crippen molar-refractivity contribution in [3.05, 3.63) is 36.7 Å². The molecule has 0 saturated carbocycles. The van der Waals surface area contributed by atoms with Gasteiger partial charge in [-0.1, -0.05) is 39.0 Å². The Labute approximate surface area is 207 Å². The lowest BCUT2D eigenvalue weighted by atomic mass is 10.1. The molecule has 3 N–H and O–H groups in total. The van der Waals surface area contributed by atoms with Crippen molar-refractivity contribution in [2.75, 3.05) is 23.9 Å². The largest absolute Gasteiger partial charge is 0.462 e. The maximum Gasteiger partial charge on any atom is 0.323 e. The normalized spacial score (nSPS) is 13.0. The SMILES string of the molecule is CC[C@H](COC(=O)[C@@H](N)C(C)C)Nc1nc(N(C)c2ccccc2)c2ncn(C(C)C)c2n1.Cl. The van der Waals surface area contributed by atoms with Gasteiger partial charge in [0, 0.05) is 18.8 Å². The fourth-order valence-corrected chi connectivity index (χ4v) is 3.35. The zero-order valence-electron chi connectivity index (χ0n) is 20.7. The molecule has 0 bridgehead atoms. The van der Waals surface area contributed by atoms with Gasteiger partial charge in [-0.2, -0.15) is 9.97 Å². The summed E-state index contributed by atoms with van der Waals surface area (Å²) in [5, 5.41) is 3.34. The first-order valence-electron chi connectivity index (χ1n) is 11.4. The van der Waals surface area contributed by atoms with Gasteiger partial charge in [-0.25, -0.2) is 4.98 Å². The number of imidazole rings is 1. The number of fused-ring (bicyclic) bond motifs is 1. The minimum absolute atomic E-state index is 0. The number of para-hydroxylation sites is 1. The highest BCUT2D eigenvalue weighted by molar-refractivity contribution is 5.87. The van der Waals surface area contributed by atoms with Gasteiger partial charge in [-0.05, 0) is 38.3 Å². The van der Waals surface area contributed by atoms with Crippen LogP contribution >= 0.6 is 12.4 Å². The minimum Gasteiger partial charge on any atom is -0.462 e. The Morgan fingerprint density at radius 1 is 1.18 bits per heavy atom. The third kappa shape index (κ3) is 6.15. The predicted octanol–water partition coefficient (Wildman–Crippen LogP) is 4.31. The number of ether oxygens (including phenoxy) is 1. The van der Waals surface area contributed by atoms with Gasteiger partial charge in [0.1, 0.15) is 12.6 Å². The molecule has 3 rings (SSSR count). The van der Waals surface area contributed by atoms with Crippen molar-refractivity contribution in [1.29, 1.82) is 0 Å². The van der Waals surface area contributed by atoms with Crippen molar-refractivity contribution in [3.63, 3.8) is 0 Å².